The number of hydrogen-bond acceptors (Lipinski definition) is 2. The standard InChI is InChI=1S/C13H15F6NO/c1-2-20-10(6-21-7-13(18,19)12(16)17)8-4-3-5-9(14)11(8)15/h3-5,10,12,20H,2,6-7H2,1H3. The number of benzene rings is 1. The summed E-state index contributed by atoms with van der Waals surface area (Å²) < 4.78 is 80.6. The third-order valence-corrected chi connectivity index (χ3v) is 2.71. The Morgan fingerprint density at radius 3 is 2.48 bits per heavy atom. The minimum atomic E-state index is -4.28. The van der Waals surface area contributed by atoms with Gasteiger partial charge in [-0.3, -0.25) is 0 Å². The molecule has 0 aliphatic heterocycles. The fourth-order valence-corrected chi connectivity index (χ4v) is 1.67. The molecule has 1 aromatic rings. The molecular formula is C13H15F6NO. The van der Waals surface area contributed by atoms with E-state index in [9.17, 15) is 26.3 Å². The van der Waals surface area contributed by atoms with Crippen LogP contribution in [0.5, 0.6) is 0 Å². The molecule has 1 unspecified atom stereocenters. The molecule has 1 rings (SSSR count). The van der Waals surface area contributed by atoms with E-state index in [0.717, 1.165) is 6.07 Å². The highest BCUT2D eigenvalue weighted by Crippen LogP contribution is 2.24. The minimum Gasteiger partial charge on any atom is -0.373 e. The highest BCUT2D eigenvalue weighted by Gasteiger charge is 2.41. The lowest BCUT2D eigenvalue weighted by Gasteiger charge is -2.21. The molecule has 0 radical (unpaired) electrons. The Balaban J connectivity index is 2.73. The molecule has 0 heterocycles. The molecule has 21 heavy (non-hydrogen) atoms. The SMILES string of the molecule is CCNC(COCC(F)(F)C(F)F)c1cccc(F)c1F. The predicted molar refractivity (Wildman–Crippen MR) is 64.5 cm³/mol. The van der Waals surface area contributed by atoms with Crippen LogP contribution in [0.3, 0.4) is 0 Å². The van der Waals surface area contributed by atoms with E-state index in [1.165, 1.54) is 12.1 Å². The van der Waals surface area contributed by atoms with E-state index in [0.29, 0.717) is 6.54 Å². The van der Waals surface area contributed by atoms with E-state index in [-0.39, 0.29) is 5.56 Å². The first-order valence-electron chi connectivity index (χ1n) is 6.20. The van der Waals surface area contributed by atoms with Crippen LogP contribution >= 0.6 is 0 Å². The van der Waals surface area contributed by atoms with E-state index in [4.69, 9.17) is 0 Å². The van der Waals surface area contributed by atoms with E-state index in [2.05, 4.69) is 10.1 Å². The summed E-state index contributed by atoms with van der Waals surface area (Å²) in [6, 6.07) is 2.51. The molecule has 1 aromatic carbocycles. The zero-order valence-corrected chi connectivity index (χ0v) is 11.2. The average Bonchev–Trinajstić information content (AvgIpc) is 2.41. The minimum absolute atomic E-state index is 0.114. The molecule has 0 amide bonds. The summed E-state index contributed by atoms with van der Waals surface area (Å²) in [6.07, 6.45) is -3.85. The van der Waals surface area contributed by atoms with Gasteiger partial charge in [-0.05, 0) is 12.6 Å². The molecular weight excluding hydrogens is 300 g/mol. The average molecular weight is 315 g/mol. The second-order valence-corrected chi connectivity index (χ2v) is 4.33. The number of rotatable bonds is 8. The lowest BCUT2D eigenvalue weighted by atomic mass is 10.1. The molecule has 0 bridgehead atoms. The van der Waals surface area contributed by atoms with Gasteiger partial charge >= 0.3 is 12.3 Å². The topological polar surface area (TPSA) is 21.3 Å². The maximum Gasteiger partial charge on any atom is 0.330 e. The molecule has 0 spiro atoms. The van der Waals surface area contributed by atoms with Gasteiger partial charge in [-0.1, -0.05) is 19.1 Å². The van der Waals surface area contributed by atoms with Crippen LogP contribution < -0.4 is 5.32 Å². The molecule has 120 valence electrons. The van der Waals surface area contributed by atoms with Crippen LogP contribution in [0.15, 0.2) is 18.2 Å². The van der Waals surface area contributed by atoms with Crippen molar-refractivity contribution in [3.05, 3.63) is 35.4 Å². The van der Waals surface area contributed by atoms with E-state index >= 15 is 0 Å². The summed E-state index contributed by atoms with van der Waals surface area (Å²) in [6.45, 7) is 0.00715. The van der Waals surface area contributed by atoms with Gasteiger partial charge in [0.1, 0.15) is 6.61 Å². The van der Waals surface area contributed by atoms with Gasteiger partial charge in [0.25, 0.3) is 0 Å². The third kappa shape index (κ3) is 4.89. The summed E-state index contributed by atoms with van der Waals surface area (Å²) in [5.41, 5.74) is -0.114. The van der Waals surface area contributed by atoms with Gasteiger partial charge in [0, 0.05) is 5.56 Å². The first-order chi connectivity index (χ1) is 9.79. The van der Waals surface area contributed by atoms with Crippen molar-refractivity contribution in [2.75, 3.05) is 19.8 Å². The number of likely N-dealkylation sites (N-methyl/N-ethyl adjacent to an activating group) is 1. The molecule has 0 aliphatic rings. The zero-order chi connectivity index (χ0) is 16.0. The van der Waals surface area contributed by atoms with Gasteiger partial charge in [-0.15, -0.1) is 0 Å². The van der Waals surface area contributed by atoms with Gasteiger partial charge in [0.15, 0.2) is 11.6 Å². The first-order valence-corrected chi connectivity index (χ1v) is 6.20. The van der Waals surface area contributed by atoms with Crippen molar-refractivity contribution in [3.63, 3.8) is 0 Å². The second-order valence-electron chi connectivity index (χ2n) is 4.33. The van der Waals surface area contributed by atoms with Crippen LogP contribution in [0.2, 0.25) is 0 Å². The van der Waals surface area contributed by atoms with Crippen LogP contribution in [0.25, 0.3) is 0 Å². The van der Waals surface area contributed by atoms with Crippen LogP contribution in [-0.4, -0.2) is 32.1 Å². The third-order valence-electron chi connectivity index (χ3n) is 2.71. The molecule has 8 heteroatoms. The lowest BCUT2D eigenvalue weighted by molar-refractivity contribution is -0.167. The molecule has 0 aromatic heterocycles. The van der Waals surface area contributed by atoms with Crippen molar-refractivity contribution in [1.29, 1.82) is 0 Å². The summed E-state index contributed by atoms with van der Waals surface area (Å²) in [4.78, 5) is 0. The quantitative estimate of drug-likeness (QED) is 0.741. The number of alkyl halides is 4. The normalized spacial score (nSPS) is 13.7. The Bertz CT molecular complexity index is 454. The van der Waals surface area contributed by atoms with Crippen LogP contribution in [0.1, 0.15) is 18.5 Å². The van der Waals surface area contributed by atoms with Crippen molar-refractivity contribution < 1.29 is 31.1 Å². The highest BCUT2D eigenvalue weighted by atomic mass is 19.3. The van der Waals surface area contributed by atoms with Gasteiger partial charge < -0.3 is 10.1 Å². The van der Waals surface area contributed by atoms with Crippen molar-refractivity contribution in [1.82, 2.24) is 5.32 Å². The van der Waals surface area contributed by atoms with Gasteiger partial charge in [-0.25, -0.2) is 17.6 Å². The highest BCUT2D eigenvalue weighted by molar-refractivity contribution is 5.22. The second kappa shape index (κ2) is 7.65. The molecule has 1 N–H and O–H groups in total. The molecule has 0 saturated heterocycles. The largest absolute Gasteiger partial charge is 0.373 e. The zero-order valence-electron chi connectivity index (χ0n) is 11.2. The smallest absolute Gasteiger partial charge is 0.330 e. The lowest BCUT2D eigenvalue weighted by Crippen LogP contribution is -2.34. The Morgan fingerprint density at radius 1 is 1.24 bits per heavy atom. The van der Waals surface area contributed by atoms with Crippen LogP contribution in [-0.2, 0) is 4.74 Å². The fraction of sp³-hybridized carbons (Fsp3) is 0.538. The summed E-state index contributed by atoms with van der Waals surface area (Å²) in [7, 11) is 0. The van der Waals surface area contributed by atoms with Gasteiger partial charge in [-0.2, -0.15) is 8.78 Å². The number of hydrogen-bond donors (Lipinski definition) is 1. The van der Waals surface area contributed by atoms with Crippen molar-refractivity contribution in [2.45, 2.75) is 25.3 Å². The van der Waals surface area contributed by atoms with Crippen molar-refractivity contribution in [2.24, 2.45) is 0 Å². The summed E-state index contributed by atoms with van der Waals surface area (Å²) in [5, 5.41) is 2.72. The van der Waals surface area contributed by atoms with Crippen molar-refractivity contribution in [3.8, 4) is 0 Å². The summed E-state index contributed by atoms with van der Waals surface area (Å²) >= 11 is 0. The van der Waals surface area contributed by atoms with Gasteiger partial charge in [0.2, 0.25) is 0 Å². The number of nitrogens with one attached hydrogen (secondary N) is 1. The predicted octanol–water partition coefficient (Wildman–Crippen LogP) is 3.53. The maximum atomic E-state index is 13.6. The first kappa shape index (κ1) is 17.8. The number of halogens is 6. The van der Waals surface area contributed by atoms with E-state index < -0.39 is 43.2 Å². The molecule has 0 saturated carbocycles. The Labute approximate surface area is 118 Å². The summed E-state index contributed by atoms with van der Waals surface area (Å²) in [5.74, 6) is -6.50. The maximum absolute atomic E-state index is 13.6. The van der Waals surface area contributed by atoms with Crippen LogP contribution in [0.4, 0.5) is 26.3 Å². The Hall–Kier alpha value is -1.28. The van der Waals surface area contributed by atoms with Crippen molar-refractivity contribution >= 4 is 0 Å². The van der Waals surface area contributed by atoms with E-state index in [1.54, 1.807) is 6.92 Å². The molecule has 0 aliphatic carbocycles. The monoisotopic (exact) mass is 315 g/mol. The Morgan fingerprint density at radius 2 is 1.90 bits per heavy atom. The van der Waals surface area contributed by atoms with Crippen LogP contribution in [0, 0.1) is 11.6 Å². The van der Waals surface area contributed by atoms with E-state index in [1.807, 2.05) is 0 Å². The fourth-order valence-electron chi connectivity index (χ4n) is 1.67. The Kier molecular flexibility index (Phi) is 6.47. The molecule has 1 atom stereocenters. The molecule has 0 fully saturated rings. The molecule has 2 nitrogen and oxygen atoms in total. The van der Waals surface area contributed by atoms with Gasteiger partial charge in [0.05, 0.1) is 12.6 Å². The number of ether oxygens (including phenoxy) is 1.